The summed E-state index contributed by atoms with van der Waals surface area (Å²) in [5.74, 6) is -0.0293. The van der Waals surface area contributed by atoms with Crippen molar-refractivity contribution in [2.24, 2.45) is 0 Å². The molecule has 2 aliphatic heterocycles. The highest BCUT2D eigenvalue weighted by atomic mass is 16.2. The van der Waals surface area contributed by atoms with Crippen LogP contribution >= 0.6 is 0 Å². The van der Waals surface area contributed by atoms with E-state index in [0.717, 1.165) is 37.9 Å². The van der Waals surface area contributed by atoms with Crippen molar-refractivity contribution in [3.05, 3.63) is 29.8 Å². The van der Waals surface area contributed by atoms with E-state index >= 15 is 0 Å². The summed E-state index contributed by atoms with van der Waals surface area (Å²) >= 11 is 0. The lowest BCUT2D eigenvalue weighted by Gasteiger charge is -2.36. The zero-order valence-electron chi connectivity index (χ0n) is 14.6. The third-order valence-corrected chi connectivity index (χ3v) is 5.22. The zero-order valence-corrected chi connectivity index (χ0v) is 14.6. The number of benzene rings is 1. The Balaban J connectivity index is 1.63. The number of hydrogen-bond donors (Lipinski definition) is 1. The first-order chi connectivity index (χ1) is 11.6. The van der Waals surface area contributed by atoms with Crippen molar-refractivity contribution in [3.8, 4) is 0 Å². The Bertz CT molecular complexity index is 616. The Hall–Kier alpha value is -2.04. The first kappa shape index (κ1) is 16.8. The number of rotatable bonds is 3. The lowest BCUT2D eigenvalue weighted by molar-refractivity contribution is -0.120. The molecule has 3 rings (SSSR count). The van der Waals surface area contributed by atoms with E-state index in [1.807, 2.05) is 23.1 Å². The monoisotopic (exact) mass is 329 g/mol. The fourth-order valence-electron chi connectivity index (χ4n) is 3.82. The molecule has 130 valence electrons. The molecule has 5 nitrogen and oxygen atoms in total. The van der Waals surface area contributed by atoms with Gasteiger partial charge in [0.2, 0.25) is 5.91 Å². The van der Waals surface area contributed by atoms with Crippen molar-refractivity contribution >= 4 is 17.6 Å². The first-order valence-electron chi connectivity index (χ1n) is 9.08. The predicted molar refractivity (Wildman–Crippen MR) is 95.1 cm³/mol. The number of nitrogens with one attached hydrogen (secondary N) is 1. The third-order valence-electron chi connectivity index (χ3n) is 5.22. The Morgan fingerprint density at radius 2 is 2.04 bits per heavy atom. The van der Waals surface area contributed by atoms with E-state index in [1.165, 1.54) is 12.0 Å². The van der Waals surface area contributed by atoms with Crippen molar-refractivity contribution in [1.82, 2.24) is 10.2 Å². The SMILES string of the molecule is CCC1CCCCN1C(=O)NC(C)C(=O)N1CCc2ccccc21. The number of urea groups is 1. The summed E-state index contributed by atoms with van der Waals surface area (Å²) in [4.78, 5) is 29.1. The number of likely N-dealkylation sites (tertiary alicyclic amines) is 1. The highest BCUT2D eigenvalue weighted by Gasteiger charge is 2.31. The fraction of sp³-hybridized carbons (Fsp3) is 0.579. The molecule has 0 spiro atoms. The Labute approximate surface area is 144 Å². The van der Waals surface area contributed by atoms with Crippen LogP contribution in [0.1, 0.15) is 45.1 Å². The first-order valence-corrected chi connectivity index (χ1v) is 9.08. The number of carbonyl (C=O) groups is 2. The van der Waals surface area contributed by atoms with E-state index in [2.05, 4.69) is 18.3 Å². The second-order valence-electron chi connectivity index (χ2n) is 6.79. The summed E-state index contributed by atoms with van der Waals surface area (Å²) in [7, 11) is 0. The van der Waals surface area contributed by atoms with Gasteiger partial charge in [0.15, 0.2) is 0 Å². The molecule has 1 saturated heterocycles. The van der Waals surface area contributed by atoms with Crippen molar-refractivity contribution < 1.29 is 9.59 Å². The van der Waals surface area contributed by atoms with Crippen molar-refractivity contribution in [3.63, 3.8) is 0 Å². The van der Waals surface area contributed by atoms with Crippen LogP contribution in [-0.2, 0) is 11.2 Å². The molecule has 1 fully saturated rings. The van der Waals surface area contributed by atoms with E-state index in [4.69, 9.17) is 0 Å². The molecule has 0 aromatic heterocycles. The number of anilines is 1. The third kappa shape index (κ3) is 3.25. The van der Waals surface area contributed by atoms with Crippen molar-refractivity contribution in [2.45, 2.75) is 58.0 Å². The van der Waals surface area contributed by atoms with Gasteiger partial charge in [0, 0.05) is 24.8 Å². The van der Waals surface area contributed by atoms with Gasteiger partial charge in [-0.05, 0) is 50.7 Å². The van der Waals surface area contributed by atoms with E-state index < -0.39 is 6.04 Å². The van der Waals surface area contributed by atoms with Crippen LogP contribution in [0.2, 0.25) is 0 Å². The molecule has 2 aliphatic rings. The summed E-state index contributed by atoms with van der Waals surface area (Å²) in [6.45, 7) is 5.38. The largest absolute Gasteiger partial charge is 0.326 e. The molecular weight excluding hydrogens is 302 g/mol. The molecule has 0 saturated carbocycles. The lowest BCUT2D eigenvalue weighted by Crippen LogP contribution is -2.54. The van der Waals surface area contributed by atoms with Crippen LogP contribution in [0.5, 0.6) is 0 Å². The summed E-state index contributed by atoms with van der Waals surface area (Å²) < 4.78 is 0. The molecule has 1 aromatic rings. The highest BCUT2D eigenvalue weighted by molar-refractivity contribution is 6.00. The van der Waals surface area contributed by atoms with E-state index in [-0.39, 0.29) is 11.9 Å². The molecule has 2 atom stereocenters. The van der Waals surface area contributed by atoms with Crippen molar-refractivity contribution in [2.75, 3.05) is 18.0 Å². The van der Waals surface area contributed by atoms with Crippen LogP contribution in [0, 0.1) is 0 Å². The van der Waals surface area contributed by atoms with Gasteiger partial charge in [-0.25, -0.2) is 4.79 Å². The maximum Gasteiger partial charge on any atom is 0.318 e. The second kappa shape index (κ2) is 7.24. The van der Waals surface area contributed by atoms with Gasteiger partial charge >= 0.3 is 6.03 Å². The molecule has 24 heavy (non-hydrogen) atoms. The van der Waals surface area contributed by atoms with Gasteiger partial charge in [-0.15, -0.1) is 0 Å². The molecule has 5 heteroatoms. The topological polar surface area (TPSA) is 52.7 Å². The number of amides is 3. The van der Waals surface area contributed by atoms with Gasteiger partial charge in [-0.2, -0.15) is 0 Å². The average molecular weight is 329 g/mol. The van der Waals surface area contributed by atoms with Gasteiger partial charge in [0.1, 0.15) is 6.04 Å². The van der Waals surface area contributed by atoms with E-state index in [9.17, 15) is 9.59 Å². The number of carbonyl (C=O) groups excluding carboxylic acids is 2. The van der Waals surface area contributed by atoms with Gasteiger partial charge in [-0.3, -0.25) is 4.79 Å². The number of nitrogens with zero attached hydrogens (tertiary/aromatic N) is 2. The number of fused-ring (bicyclic) bond motifs is 1. The molecule has 0 bridgehead atoms. The summed E-state index contributed by atoms with van der Waals surface area (Å²) in [6.07, 6.45) is 5.14. The van der Waals surface area contributed by atoms with Crippen LogP contribution in [0.15, 0.2) is 24.3 Å². The number of hydrogen-bond acceptors (Lipinski definition) is 2. The normalized spacial score (nSPS) is 21.3. The minimum Gasteiger partial charge on any atom is -0.326 e. The van der Waals surface area contributed by atoms with Gasteiger partial charge in [0.05, 0.1) is 0 Å². The molecule has 2 unspecified atom stereocenters. The number of piperidine rings is 1. The van der Waals surface area contributed by atoms with Gasteiger partial charge in [-0.1, -0.05) is 25.1 Å². The van der Waals surface area contributed by atoms with Gasteiger partial charge in [0.25, 0.3) is 0 Å². The van der Waals surface area contributed by atoms with Crippen LogP contribution in [0.3, 0.4) is 0 Å². The Morgan fingerprint density at radius 1 is 1.25 bits per heavy atom. The van der Waals surface area contributed by atoms with Crippen LogP contribution in [0.25, 0.3) is 0 Å². The number of para-hydroxylation sites is 1. The zero-order chi connectivity index (χ0) is 17.1. The van der Waals surface area contributed by atoms with E-state index in [0.29, 0.717) is 12.6 Å². The molecule has 3 amide bonds. The molecule has 0 radical (unpaired) electrons. The summed E-state index contributed by atoms with van der Waals surface area (Å²) in [5, 5.41) is 2.92. The Kier molecular flexibility index (Phi) is 5.07. The summed E-state index contributed by atoms with van der Waals surface area (Å²) in [5.41, 5.74) is 2.18. The predicted octanol–water partition coefficient (Wildman–Crippen LogP) is 2.94. The van der Waals surface area contributed by atoms with Crippen LogP contribution in [-0.4, -0.2) is 42.0 Å². The molecule has 1 aromatic carbocycles. The molecule has 2 heterocycles. The minimum absolute atomic E-state index is 0.0293. The second-order valence-corrected chi connectivity index (χ2v) is 6.79. The fourth-order valence-corrected chi connectivity index (χ4v) is 3.82. The molecule has 0 aliphatic carbocycles. The quantitative estimate of drug-likeness (QED) is 0.927. The van der Waals surface area contributed by atoms with E-state index in [1.54, 1.807) is 11.8 Å². The summed E-state index contributed by atoms with van der Waals surface area (Å²) in [6, 6.07) is 7.68. The maximum absolute atomic E-state index is 12.8. The highest BCUT2D eigenvalue weighted by Crippen LogP contribution is 2.28. The smallest absolute Gasteiger partial charge is 0.318 e. The standard InChI is InChI=1S/C19H27N3O2/c1-3-16-9-6-7-12-21(16)19(24)20-14(2)18(23)22-13-11-15-8-4-5-10-17(15)22/h4-5,8,10,14,16H,3,6-7,9,11-13H2,1-2H3,(H,20,24). The van der Waals surface area contributed by atoms with Crippen molar-refractivity contribution in [1.29, 1.82) is 0 Å². The molecule has 1 N–H and O–H groups in total. The molecular formula is C19H27N3O2. The maximum atomic E-state index is 12.8. The lowest BCUT2D eigenvalue weighted by atomic mass is 10.0. The van der Waals surface area contributed by atoms with Crippen LogP contribution < -0.4 is 10.2 Å². The van der Waals surface area contributed by atoms with Gasteiger partial charge < -0.3 is 15.1 Å². The minimum atomic E-state index is -0.511. The van der Waals surface area contributed by atoms with Crippen LogP contribution in [0.4, 0.5) is 10.5 Å². The average Bonchev–Trinajstić information content (AvgIpc) is 3.04. The Morgan fingerprint density at radius 3 is 2.83 bits per heavy atom.